The normalized spacial score (nSPS) is 14.6. The molecular formula is C20H18N4O6. The lowest BCUT2D eigenvalue weighted by atomic mass is 10.1. The molecule has 1 saturated heterocycles. The summed E-state index contributed by atoms with van der Waals surface area (Å²) in [5.74, 6) is -0.863. The number of carbonyl (C=O) groups is 3. The SMILES string of the molecule is COc1ccccc1NC(=O)CN1C(=O)N/C(=C/c2ccc(C)c([N+](=O)[O-])c2)C1=O. The van der Waals surface area contributed by atoms with Gasteiger partial charge in [0.15, 0.2) is 0 Å². The Balaban J connectivity index is 1.75. The number of methoxy groups -OCH3 is 1. The predicted molar refractivity (Wildman–Crippen MR) is 108 cm³/mol. The molecule has 30 heavy (non-hydrogen) atoms. The number of nitrogens with zero attached hydrogens (tertiary/aromatic N) is 2. The molecule has 0 atom stereocenters. The molecule has 0 saturated carbocycles. The molecular weight excluding hydrogens is 392 g/mol. The highest BCUT2D eigenvalue weighted by atomic mass is 16.6. The molecule has 0 unspecified atom stereocenters. The summed E-state index contributed by atoms with van der Waals surface area (Å²) in [5, 5.41) is 16.1. The van der Waals surface area contributed by atoms with Gasteiger partial charge in [-0.3, -0.25) is 19.7 Å². The minimum absolute atomic E-state index is 0.0803. The molecule has 3 rings (SSSR count). The van der Waals surface area contributed by atoms with Gasteiger partial charge in [0.25, 0.3) is 11.6 Å². The molecule has 4 amide bonds. The van der Waals surface area contributed by atoms with E-state index in [-0.39, 0.29) is 11.4 Å². The molecule has 10 nitrogen and oxygen atoms in total. The van der Waals surface area contributed by atoms with Crippen molar-refractivity contribution < 1.29 is 24.0 Å². The van der Waals surface area contributed by atoms with Crippen LogP contribution >= 0.6 is 0 Å². The average molecular weight is 410 g/mol. The zero-order valence-electron chi connectivity index (χ0n) is 16.2. The lowest BCUT2D eigenvalue weighted by Gasteiger charge is -2.13. The summed E-state index contributed by atoms with van der Waals surface area (Å²) in [6, 6.07) is 10.4. The highest BCUT2D eigenvalue weighted by Gasteiger charge is 2.35. The molecule has 0 aliphatic carbocycles. The Morgan fingerprint density at radius 3 is 2.70 bits per heavy atom. The molecule has 154 valence electrons. The monoisotopic (exact) mass is 410 g/mol. The average Bonchev–Trinajstić information content (AvgIpc) is 2.97. The lowest BCUT2D eigenvalue weighted by Crippen LogP contribution is -2.38. The molecule has 2 N–H and O–H groups in total. The zero-order valence-corrected chi connectivity index (χ0v) is 16.2. The van der Waals surface area contributed by atoms with Gasteiger partial charge in [0.05, 0.1) is 17.7 Å². The molecule has 0 bridgehead atoms. The highest BCUT2D eigenvalue weighted by Crippen LogP contribution is 2.24. The van der Waals surface area contributed by atoms with Crippen molar-refractivity contribution in [2.75, 3.05) is 19.0 Å². The molecule has 0 spiro atoms. The van der Waals surface area contributed by atoms with Gasteiger partial charge in [-0.1, -0.05) is 24.3 Å². The Kier molecular flexibility index (Phi) is 5.77. The van der Waals surface area contributed by atoms with E-state index in [0.717, 1.165) is 4.90 Å². The smallest absolute Gasteiger partial charge is 0.329 e. The maximum Gasteiger partial charge on any atom is 0.329 e. The second kappa shape index (κ2) is 8.43. The summed E-state index contributed by atoms with van der Waals surface area (Å²) in [7, 11) is 1.45. The largest absolute Gasteiger partial charge is 0.495 e. The van der Waals surface area contributed by atoms with Crippen molar-refractivity contribution in [2.45, 2.75) is 6.92 Å². The molecule has 1 heterocycles. The van der Waals surface area contributed by atoms with E-state index in [2.05, 4.69) is 10.6 Å². The lowest BCUT2D eigenvalue weighted by molar-refractivity contribution is -0.385. The minimum atomic E-state index is -0.761. The third-order valence-corrected chi connectivity index (χ3v) is 4.39. The number of anilines is 1. The van der Waals surface area contributed by atoms with Gasteiger partial charge in [-0.15, -0.1) is 0 Å². The van der Waals surface area contributed by atoms with Gasteiger partial charge >= 0.3 is 6.03 Å². The van der Waals surface area contributed by atoms with Crippen molar-refractivity contribution >= 4 is 35.3 Å². The van der Waals surface area contributed by atoms with Crippen molar-refractivity contribution in [3.05, 3.63) is 69.4 Å². The van der Waals surface area contributed by atoms with E-state index in [1.807, 2.05) is 0 Å². The first kappa shape index (κ1) is 20.5. The second-order valence-corrected chi connectivity index (χ2v) is 6.43. The first-order valence-electron chi connectivity index (χ1n) is 8.82. The molecule has 1 aliphatic heterocycles. The fraction of sp³-hybridized carbons (Fsp3) is 0.150. The van der Waals surface area contributed by atoms with Crippen LogP contribution in [-0.4, -0.2) is 41.3 Å². The number of para-hydroxylation sites is 2. The van der Waals surface area contributed by atoms with Gasteiger partial charge in [-0.2, -0.15) is 0 Å². The van der Waals surface area contributed by atoms with Crippen molar-refractivity contribution in [1.82, 2.24) is 10.2 Å². The van der Waals surface area contributed by atoms with Gasteiger partial charge in [0.2, 0.25) is 5.91 Å². The number of carbonyl (C=O) groups excluding carboxylic acids is 3. The van der Waals surface area contributed by atoms with Crippen molar-refractivity contribution in [1.29, 1.82) is 0 Å². The van der Waals surface area contributed by atoms with Gasteiger partial charge < -0.3 is 15.4 Å². The summed E-state index contributed by atoms with van der Waals surface area (Å²) in [5.41, 5.74) is 1.06. The molecule has 0 radical (unpaired) electrons. The number of rotatable bonds is 6. The van der Waals surface area contributed by atoms with Crippen LogP contribution in [0, 0.1) is 17.0 Å². The number of imide groups is 1. The number of benzene rings is 2. The van der Waals surface area contributed by atoms with E-state index < -0.39 is 29.3 Å². The van der Waals surface area contributed by atoms with Gasteiger partial charge in [-0.25, -0.2) is 9.69 Å². The fourth-order valence-electron chi connectivity index (χ4n) is 2.88. The molecule has 1 aliphatic rings. The highest BCUT2D eigenvalue weighted by molar-refractivity contribution is 6.16. The molecule has 0 aromatic heterocycles. The number of hydrogen-bond donors (Lipinski definition) is 2. The number of nitro benzene ring substituents is 1. The molecule has 1 fully saturated rings. The van der Waals surface area contributed by atoms with E-state index in [1.165, 1.54) is 19.3 Å². The van der Waals surface area contributed by atoms with Crippen LogP contribution in [0.2, 0.25) is 0 Å². The second-order valence-electron chi connectivity index (χ2n) is 6.43. The topological polar surface area (TPSA) is 131 Å². The van der Waals surface area contributed by atoms with Crippen LogP contribution in [0.1, 0.15) is 11.1 Å². The first-order chi connectivity index (χ1) is 14.3. The summed E-state index contributed by atoms with van der Waals surface area (Å²) in [6.07, 6.45) is 1.32. The van der Waals surface area contributed by atoms with Crippen molar-refractivity contribution in [2.24, 2.45) is 0 Å². The summed E-state index contributed by atoms with van der Waals surface area (Å²) in [4.78, 5) is 48.3. The number of nitro groups is 1. The van der Waals surface area contributed by atoms with Crippen LogP contribution in [0.5, 0.6) is 5.75 Å². The summed E-state index contributed by atoms with van der Waals surface area (Å²) < 4.78 is 5.15. The fourth-order valence-corrected chi connectivity index (χ4v) is 2.88. The summed E-state index contributed by atoms with van der Waals surface area (Å²) >= 11 is 0. The van der Waals surface area contributed by atoms with Crippen LogP contribution in [0.25, 0.3) is 6.08 Å². The third kappa shape index (κ3) is 4.27. The number of amides is 4. The van der Waals surface area contributed by atoms with Gasteiger partial charge in [-0.05, 0) is 30.7 Å². The maximum atomic E-state index is 12.6. The van der Waals surface area contributed by atoms with E-state index in [1.54, 1.807) is 43.3 Å². The Bertz CT molecular complexity index is 1080. The Labute approximate surface area is 171 Å². The van der Waals surface area contributed by atoms with Crippen LogP contribution < -0.4 is 15.4 Å². The van der Waals surface area contributed by atoms with E-state index in [4.69, 9.17) is 4.74 Å². The van der Waals surface area contributed by atoms with Crippen LogP contribution in [0.15, 0.2) is 48.2 Å². The minimum Gasteiger partial charge on any atom is -0.495 e. The Morgan fingerprint density at radius 1 is 1.27 bits per heavy atom. The third-order valence-electron chi connectivity index (χ3n) is 4.39. The standard InChI is InChI=1S/C20H18N4O6/c1-12-7-8-13(10-16(12)24(28)29)9-15-19(26)23(20(27)22-15)11-18(25)21-14-5-3-4-6-17(14)30-2/h3-10H,11H2,1-2H3,(H,21,25)(H,22,27)/b15-9+. The molecule has 2 aromatic rings. The number of ether oxygens (including phenoxy) is 1. The molecule has 2 aromatic carbocycles. The Hall–Kier alpha value is -4.21. The molecule has 10 heteroatoms. The van der Waals surface area contributed by atoms with E-state index in [0.29, 0.717) is 22.6 Å². The van der Waals surface area contributed by atoms with Gasteiger partial charge in [0, 0.05) is 11.6 Å². The summed E-state index contributed by atoms with van der Waals surface area (Å²) in [6.45, 7) is 1.09. The number of urea groups is 1. The van der Waals surface area contributed by atoms with Crippen LogP contribution in [-0.2, 0) is 9.59 Å². The van der Waals surface area contributed by atoms with Crippen LogP contribution in [0.3, 0.4) is 0 Å². The predicted octanol–water partition coefficient (Wildman–Crippen LogP) is 2.44. The van der Waals surface area contributed by atoms with E-state index >= 15 is 0 Å². The Morgan fingerprint density at radius 2 is 2.00 bits per heavy atom. The first-order valence-corrected chi connectivity index (χ1v) is 8.82. The van der Waals surface area contributed by atoms with E-state index in [9.17, 15) is 24.5 Å². The van der Waals surface area contributed by atoms with Gasteiger partial charge in [0.1, 0.15) is 18.0 Å². The quantitative estimate of drug-likeness (QED) is 0.325. The zero-order chi connectivity index (χ0) is 21.8. The van der Waals surface area contributed by atoms with Crippen LogP contribution in [0.4, 0.5) is 16.2 Å². The van der Waals surface area contributed by atoms with Crippen molar-refractivity contribution in [3.8, 4) is 5.75 Å². The number of nitrogens with one attached hydrogen (secondary N) is 2. The maximum absolute atomic E-state index is 12.6. The number of hydrogen-bond acceptors (Lipinski definition) is 6. The van der Waals surface area contributed by atoms with Crippen molar-refractivity contribution in [3.63, 3.8) is 0 Å². The number of aryl methyl sites for hydroxylation is 1.